The van der Waals surface area contributed by atoms with Gasteiger partial charge in [0.05, 0.1) is 22.3 Å². The van der Waals surface area contributed by atoms with Crippen molar-refractivity contribution in [3.8, 4) is 0 Å². The third kappa shape index (κ3) is 15.1. The zero-order valence-electron chi connectivity index (χ0n) is 19.0. The van der Waals surface area contributed by atoms with Crippen LogP contribution < -0.4 is 24.0 Å². The minimum atomic E-state index is -4.42. The van der Waals surface area contributed by atoms with Gasteiger partial charge in [-0.1, -0.05) is 11.6 Å². The molecule has 0 atom stereocenters. The minimum absolute atomic E-state index is 0. The summed E-state index contributed by atoms with van der Waals surface area (Å²) in [6, 6.07) is 7.43. The van der Waals surface area contributed by atoms with Crippen molar-refractivity contribution < 1.29 is 79.2 Å². The second-order valence-corrected chi connectivity index (χ2v) is 6.32. The van der Waals surface area contributed by atoms with E-state index < -0.39 is 35.4 Å². The molecule has 0 bridgehead atoms. The van der Waals surface area contributed by atoms with Crippen LogP contribution in [0.15, 0.2) is 48.5 Å². The molecule has 0 radical (unpaired) electrons. The van der Waals surface area contributed by atoms with E-state index in [1.165, 1.54) is 0 Å². The molecule has 36 heavy (non-hydrogen) atoms. The fourth-order valence-corrected chi connectivity index (χ4v) is 2.09. The smallest absolute Gasteiger partial charge is 0.416 e. The molecule has 2 aromatic carbocycles. The summed E-state index contributed by atoms with van der Waals surface area (Å²) in [5, 5.41) is 8.40. The van der Waals surface area contributed by atoms with Crippen molar-refractivity contribution in [2.24, 2.45) is 0 Å². The van der Waals surface area contributed by atoms with Gasteiger partial charge in [0.25, 0.3) is 0 Å². The number of hydrogen-bond donors (Lipinski definition) is 1. The van der Waals surface area contributed by atoms with Crippen molar-refractivity contribution in [2.75, 3.05) is 26.1 Å². The van der Waals surface area contributed by atoms with Crippen molar-refractivity contribution in [3.05, 3.63) is 70.8 Å². The number of ether oxygens (including phenoxy) is 3. The van der Waals surface area contributed by atoms with Crippen LogP contribution in [0.4, 0.5) is 26.3 Å². The van der Waals surface area contributed by atoms with E-state index in [0.717, 1.165) is 48.5 Å². The lowest BCUT2D eigenvalue weighted by Gasteiger charge is -2.07. The number of alkyl halides is 7. The number of carboxylic acid groups (broad SMARTS) is 1. The number of esters is 1. The Bertz CT molecular complexity index is 888. The van der Waals surface area contributed by atoms with Gasteiger partial charge < -0.3 is 43.3 Å². The fourth-order valence-electron chi connectivity index (χ4n) is 1.94. The SMILES string of the molecule is CCOCCl.CCOCOC(=O)c1ccc(C(F)(F)F)cc1.O=C(O)c1ccc(C(F)(F)F)cc1.[I-]. The van der Waals surface area contributed by atoms with Crippen LogP contribution in [0.25, 0.3) is 0 Å². The summed E-state index contributed by atoms with van der Waals surface area (Å²) >= 11 is 5.08. The Morgan fingerprint density at radius 3 is 1.44 bits per heavy atom. The number of carbonyl (C=O) groups excluding carboxylic acids is 1. The Balaban J connectivity index is 0. The summed E-state index contributed by atoms with van der Waals surface area (Å²) < 4.78 is 86.6. The molecule has 2 aromatic rings. The monoisotopic (exact) mass is 659 g/mol. The van der Waals surface area contributed by atoms with Gasteiger partial charge in [0.1, 0.15) is 6.07 Å². The molecular formula is C22H23ClF6IO6-. The van der Waals surface area contributed by atoms with E-state index in [1.54, 1.807) is 6.92 Å². The summed E-state index contributed by atoms with van der Waals surface area (Å²) in [6.45, 7) is 4.52. The molecule has 0 aliphatic heterocycles. The largest absolute Gasteiger partial charge is 1.00 e. The summed E-state index contributed by atoms with van der Waals surface area (Å²) in [4.78, 5) is 21.6. The van der Waals surface area contributed by atoms with E-state index in [1.807, 2.05) is 6.92 Å². The highest BCUT2D eigenvalue weighted by Crippen LogP contribution is 2.29. The fraction of sp³-hybridized carbons (Fsp3) is 0.364. The van der Waals surface area contributed by atoms with Crippen LogP contribution in [-0.4, -0.2) is 43.1 Å². The van der Waals surface area contributed by atoms with Crippen LogP contribution in [0.2, 0.25) is 0 Å². The average Bonchev–Trinajstić information content (AvgIpc) is 2.79. The topological polar surface area (TPSA) is 82.1 Å². The van der Waals surface area contributed by atoms with Gasteiger partial charge in [-0.25, -0.2) is 9.59 Å². The number of carbonyl (C=O) groups is 2. The van der Waals surface area contributed by atoms with Crippen LogP contribution in [-0.2, 0) is 26.6 Å². The summed E-state index contributed by atoms with van der Waals surface area (Å²) in [5.74, 6) is -1.96. The Labute approximate surface area is 225 Å². The number of rotatable bonds is 7. The zero-order chi connectivity index (χ0) is 27.1. The minimum Gasteiger partial charge on any atom is -1.00 e. The molecule has 2 rings (SSSR count). The molecule has 1 N–H and O–H groups in total. The number of carboxylic acids is 1. The molecule has 204 valence electrons. The zero-order valence-corrected chi connectivity index (χ0v) is 21.9. The lowest BCUT2D eigenvalue weighted by Crippen LogP contribution is -3.00. The van der Waals surface area contributed by atoms with Gasteiger partial charge in [0.15, 0.2) is 6.79 Å². The van der Waals surface area contributed by atoms with Gasteiger partial charge in [-0.05, 0) is 62.4 Å². The van der Waals surface area contributed by atoms with Crippen molar-refractivity contribution in [3.63, 3.8) is 0 Å². The second-order valence-electron chi connectivity index (χ2n) is 6.10. The first kappa shape index (κ1) is 36.1. The molecule has 0 aromatic heterocycles. The molecule has 14 heteroatoms. The molecule has 0 unspecified atom stereocenters. The van der Waals surface area contributed by atoms with Gasteiger partial charge in [0.2, 0.25) is 0 Å². The lowest BCUT2D eigenvalue weighted by atomic mass is 10.1. The van der Waals surface area contributed by atoms with Crippen molar-refractivity contribution in [1.82, 2.24) is 0 Å². The van der Waals surface area contributed by atoms with E-state index in [9.17, 15) is 35.9 Å². The first-order valence-corrected chi connectivity index (χ1v) is 10.3. The average molecular weight is 660 g/mol. The van der Waals surface area contributed by atoms with Crippen LogP contribution in [0, 0.1) is 0 Å². The highest BCUT2D eigenvalue weighted by Gasteiger charge is 2.31. The maximum absolute atomic E-state index is 12.2. The number of hydrogen-bond acceptors (Lipinski definition) is 5. The van der Waals surface area contributed by atoms with Crippen molar-refractivity contribution in [2.45, 2.75) is 26.2 Å². The number of aromatic carboxylic acids is 1. The van der Waals surface area contributed by atoms with Crippen LogP contribution in [0.1, 0.15) is 45.7 Å². The van der Waals surface area contributed by atoms with E-state index >= 15 is 0 Å². The van der Waals surface area contributed by atoms with Gasteiger partial charge in [0, 0.05) is 13.2 Å². The summed E-state index contributed by atoms with van der Waals surface area (Å²) in [5.41, 5.74) is -1.76. The van der Waals surface area contributed by atoms with E-state index in [-0.39, 0.29) is 41.9 Å². The predicted octanol–water partition coefficient (Wildman–Crippen LogP) is 3.48. The Hall–Kier alpha value is -2.10. The molecule has 0 aliphatic rings. The highest BCUT2D eigenvalue weighted by molar-refractivity contribution is 6.17. The van der Waals surface area contributed by atoms with E-state index in [0.29, 0.717) is 19.3 Å². The van der Waals surface area contributed by atoms with E-state index in [4.69, 9.17) is 21.4 Å². The van der Waals surface area contributed by atoms with Gasteiger partial charge >= 0.3 is 24.3 Å². The molecule has 0 spiro atoms. The van der Waals surface area contributed by atoms with Crippen LogP contribution in [0.5, 0.6) is 0 Å². The first-order valence-electron chi connectivity index (χ1n) is 9.74. The number of benzene rings is 2. The Kier molecular flexibility index (Phi) is 18.2. The molecule has 0 amide bonds. The molecule has 0 fully saturated rings. The third-order valence-electron chi connectivity index (χ3n) is 3.67. The third-order valence-corrected chi connectivity index (χ3v) is 3.82. The Morgan fingerprint density at radius 1 is 0.778 bits per heavy atom. The molecule has 0 aliphatic carbocycles. The number of halogens is 8. The molecule has 6 nitrogen and oxygen atoms in total. The maximum Gasteiger partial charge on any atom is 0.416 e. The first-order chi connectivity index (χ1) is 16.3. The van der Waals surface area contributed by atoms with Crippen molar-refractivity contribution in [1.29, 1.82) is 0 Å². The second kappa shape index (κ2) is 18.2. The summed E-state index contributed by atoms with van der Waals surface area (Å²) in [7, 11) is 0. The Morgan fingerprint density at radius 2 is 1.17 bits per heavy atom. The quantitative estimate of drug-likeness (QED) is 0.123. The lowest BCUT2D eigenvalue weighted by molar-refractivity contribution is -0.138. The highest BCUT2D eigenvalue weighted by atomic mass is 127. The predicted molar refractivity (Wildman–Crippen MR) is 114 cm³/mol. The van der Waals surface area contributed by atoms with E-state index in [2.05, 4.69) is 9.47 Å². The standard InChI is InChI=1S/C11H11F3O3.C8H5F3O2.C3H7ClO.HI/c1-2-16-7-17-10(15)8-3-5-9(6-4-8)11(12,13)14;9-8(10,11)6-3-1-5(2-4-6)7(12)13;1-2-5-3-4;/h3-6H,2,7H2,1H3;1-4H,(H,12,13);2-3H2,1H3;1H/p-1. The van der Waals surface area contributed by atoms with Gasteiger partial charge in [-0.15, -0.1) is 0 Å². The molecule has 0 heterocycles. The van der Waals surface area contributed by atoms with Crippen molar-refractivity contribution >= 4 is 23.5 Å². The van der Waals surface area contributed by atoms with Crippen LogP contribution >= 0.6 is 11.6 Å². The maximum atomic E-state index is 12.2. The molecule has 0 saturated carbocycles. The van der Waals surface area contributed by atoms with Gasteiger partial charge in [-0.2, -0.15) is 26.3 Å². The molecule has 0 saturated heterocycles. The van der Waals surface area contributed by atoms with Gasteiger partial charge in [-0.3, -0.25) is 0 Å². The normalized spacial score (nSPS) is 10.6. The summed E-state index contributed by atoms with van der Waals surface area (Å²) in [6.07, 6.45) is -8.83. The van der Waals surface area contributed by atoms with Crippen LogP contribution in [0.3, 0.4) is 0 Å². The molecular weight excluding hydrogens is 637 g/mol.